The third-order valence-electron chi connectivity index (χ3n) is 4.29. The summed E-state index contributed by atoms with van der Waals surface area (Å²) in [6.45, 7) is 7.59. The second-order valence-electron chi connectivity index (χ2n) is 5.78. The molecule has 1 N–H and O–H groups in total. The van der Waals surface area contributed by atoms with Gasteiger partial charge < -0.3 is 15.1 Å². The smallest absolute Gasteiger partial charge is 0.321 e. The van der Waals surface area contributed by atoms with Gasteiger partial charge in [0.05, 0.1) is 0 Å². The molecule has 1 heterocycles. The molecular formula is C16H24ClN3O. The molecule has 21 heavy (non-hydrogen) atoms. The molecule has 0 aromatic heterocycles. The van der Waals surface area contributed by atoms with Crippen molar-refractivity contribution in [1.82, 2.24) is 9.80 Å². The first kappa shape index (κ1) is 16.1. The zero-order valence-corrected chi connectivity index (χ0v) is 13.7. The van der Waals surface area contributed by atoms with Gasteiger partial charge in [-0.2, -0.15) is 0 Å². The van der Waals surface area contributed by atoms with E-state index in [9.17, 15) is 4.79 Å². The van der Waals surface area contributed by atoms with Crippen molar-refractivity contribution in [2.45, 2.75) is 26.3 Å². The fraction of sp³-hybridized carbons (Fsp3) is 0.562. The van der Waals surface area contributed by atoms with E-state index in [1.807, 2.05) is 24.1 Å². The van der Waals surface area contributed by atoms with E-state index in [0.717, 1.165) is 31.7 Å². The van der Waals surface area contributed by atoms with Gasteiger partial charge in [-0.3, -0.25) is 0 Å². The zero-order chi connectivity index (χ0) is 15.4. The topological polar surface area (TPSA) is 35.6 Å². The largest absolute Gasteiger partial charge is 0.324 e. The van der Waals surface area contributed by atoms with Crippen LogP contribution < -0.4 is 5.32 Å². The first-order chi connectivity index (χ1) is 10.0. The Morgan fingerprint density at radius 2 is 2.29 bits per heavy atom. The molecule has 0 bridgehead atoms. The van der Waals surface area contributed by atoms with Crippen molar-refractivity contribution >= 4 is 23.3 Å². The number of urea groups is 1. The molecule has 1 saturated heterocycles. The molecular weight excluding hydrogens is 286 g/mol. The maximum Gasteiger partial charge on any atom is 0.321 e. The number of carbonyl (C=O) groups excluding carboxylic acids is 1. The van der Waals surface area contributed by atoms with Crippen molar-refractivity contribution in [3.8, 4) is 0 Å². The summed E-state index contributed by atoms with van der Waals surface area (Å²) in [5.41, 5.74) is 0.734. The van der Waals surface area contributed by atoms with Crippen LogP contribution in [0.3, 0.4) is 0 Å². The highest BCUT2D eigenvalue weighted by Gasteiger charge is 2.30. The average molecular weight is 310 g/mol. The summed E-state index contributed by atoms with van der Waals surface area (Å²) in [5.74, 6) is 0.480. The minimum atomic E-state index is -0.0703. The number of hydrogen-bond donors (Lipinski definition) is 1. The normalized spacial score (nSPS) is 22.9. The second kappa shape index (κ2) is 7.14. The highest BCUT2D eigenvalue weighted by Crippen LogP contribution is 2.22. The molecule has 0 aliphatic carbocycles. The molecule has 116 valence electrons. The Balaban J connectivity index is 1.96. The SMILES string of the molecule is CCN1CC[C@@H](N(C)C(=O)Nc2cccc(Cl)c2)[C@@H](C)C1. The second-order valence-corrected chi connectivity index (χ2v) is 6.21. The van der Waals surface area contributed by atoms with Gasteiger partial charge in [-0.15, -0.1) is 0 Å². The number of nitrogens with one attached hydrogen (secondary N) is 1. The van der Waals surface area contributed by atoms with E-state index < -0.39 is 0 Å². The summed E-state index contributed by atoms with van der Waals surface area (Å²) in [4.78, 5) is 16.6. The molecule has 1 aromatic carbocycles. The first-order valence-electron chi connectivity index (χ1n) is 7.53. The van der Waals surface area contributed by atoms with Gasteiger partial charge in [0.2, 0.25) is 0 Å². The van der Waals surface area contributed by atoms with Gasteiger partial charge in [0.15, 0.2) is 0 Å². The summed E-state index contributed by atoms with van der Waals surface area (Å²) >= 11 is 5.94. The Morgan fingerprint density at radius 3 is 2.90 bits per heavy atom. The number of benzene rings is 1. The molecule has 1 aliphatic rings. The van der Waals surface area contributed by atoms with Gasteiger partial charge in [0.1, 0.15) is 0 Å². The highest BCUT2D eigenvalue weighted by atomic mass is 35.5. The number of halogens is 1. The Morgan fingerprint density at radius 1 is 1.52 bits per heavy atom. The van der Waals surface area contributed by atoms with Crippen molar-refractivity contribution in [2.24, 2.45) is 5.92 Å². The number of piperidine rings is 1. The lowest BCUT2D eigenvalue weighted by atomic mass is 9.93. The van der Waals surface area contributed by atoms with Crippen LogP contribution in [0.5, 0.6) is 0 Å². The van der Waals surface area contributed by atoms with E-state index in [0.29, 0.717) is 10.9 Å². The average Bonchev–Trinajstić information content (AvgIpc) is 2.46. The number of rotatable bonds is 3. The van der Waals surface area contributed by atoms with Crippen LogP contribution in [0.2, 0.25) is 5.02 Å². The Kier molecular flexibility index (Phi) is 5.48. The van der Waals surface area contributed by atoms with Crippen LogP contribution in [0.25, 0.3) is 0 Å². The predicted octanol–water partition coefficient (Wildman–Crippen LogP) is 3.53. The number of anilines is 1. The third-order valence-corrected chi connectivity index (χ3v) is 4.52. The maximum absolute atomic E-state index is 12.4. The van der Waals surface area contributed by atoms with Gasteiger partial charge >= 0.3 is 6.03 Å². The van der Waals surface area contributed by atoms with Crippen LogP contribution in [-0.4, -0.2) is 48.6 Å². The van der Waals surface area contributed by atoms with E-state index in [1.165, 1.54) is 0 Å². The van der Waals surface area contributed by atoms with Crippen LogP contribution in [0.4, 0.5) is 10.5 Å². The molecule has 0 spiro atoms. The molecule has 2 amide bonds. The van der Waals surface area contributed by atoms with Gasteiger partial charge in [-0.05, 0) is 37.1 Å². The minimum absolute atomic E-state index is 0.0703. The van der Waals surface area contributed by atoms with E-state index in [-0.39, 0.29) is 12.1 Å². The lowest BCUT2D eigenvalue weighted by Crippen LogP contribution is -2.51. The van der Waals surface area contributed by atoms with E-state index in [4.69, 9.17) is 11.6 Å². The number of likely N-dealkylation sites (tertiary alicyclic amines) is 1. The van der Waals surface area contributed by atoms with Crippen LogP contribution in [0.15, 0.2) is 24.3 Å². The first-order valence-corrected chi connectivity index (χ1v) is 7.90. The lowest BCUT2D eigenvalue weighted by Gasteiger charge is -2.40. The van der Waals surface area contributed by atoms with Crippen molar-refractivity contribution in [2.75, 3.05) is 32.0 Å². The molecule has 1 aromatic rings. The number of carbonyl (C=O) groups is 1. The summed E-state index contributed by atoms with van der Waals surface area (Å²) < 4.78 is 0. The number of nitrogens with zero attached hydrogens (tertiary/aromatic N) is 2. The molecule has 4 nitrogen and oxygen atoms in total. The number of hydrogen-bond acceptors (Lipinski definition) is 2. The monoisotopic (exact) mass is 309 g/mol. The highest BCUT2D eigenvalue weighted by molar-refractivity contribution is 6.30. The van der Waals surface area contributed by atoms with E-state index in [2.05, 4.69) is 24.1 Å². The third kappa shape index (κ3) is 4.11. The van der Waals surface area contributed by atoms with Gasteiger partial charge in [-0.1, -0.05) is 31.5 Å². The van der Waals surface area contributed by atoms with E-state index >= 15 is 0 Å². The lowest BCUT2D eigenvalue weighted by molar-refractivity contribution is 0.101. The fourth-order valence-electron chi connectivity index (χ4n) is 3.01. The van der Waals surface area contributed by atoms with Crippen LogP contribution in [0, 0.1) is 5.92 Å². The Labute approximate surface area is 132 Å². The minimum Gasteiger partial charge on any atom is -0.324 e. The molecule has 0 saturated carbocycles. The van der Waals surface area contributed by atoms with E-state index in [1.54, 1.807) is 12.1 Å². The standard InChI is InChI=1S/C16H24ClN3O/c1-4-20-9-8-15(12(2)11-20)19(3)16(21)18-14-7-5-6-13(17)10-14/h5-7,10,12,15H,4,8-9,11H2,1-3H3,(H,18,21)/t12-,15+/m0/s1. The van der Waals surface area contributed by atoms with Gasteiger partial charge in [-0.25, -0.2) is 4.79 Å². The summed E-state index contributed by atoms with van der Waals surface area (Å²) in [7, 11) is 1.88. The molecule has 5 heteroatoms. The van der Waals surface area contributed by atoms with Crippen molar-refractivity contribution in [1.29, 1.82) is 0 Å². The maximum atomic E-state index is 12.4. The molecule has 0 radical (unpaired) electrons. The molecule has 1 fully saturated rings. The van der Waals surface area contributed by atoms with Crippen LogP contribution in [0.1, 0.15) is 20.3 Å². The van der Waals surface area contributed by atoms with Crippen LogP contribution >= 0.6 is 11.6 Å². The molecule has 2 rings (SSSR count). The fourth-order valence-corrected chi connectivity index (χ4v) is 3.20. The number of amides is 2. The molecule has 1 aliphatic heterocycles. The summed E-state index contributed by atoms with van der Waals surface area (Å²) in [6.07, 6.45) is 1.02. The quantitative estimate of drug-likeness (QED) is 0.927. The Bertz CT molecular complexity index is 494. The van der Waals surface area contributed by atoms with Gasteiger partial charge in [0.25, 0.3) is 0 Å². The van der Waals surface area contributed by atoms with Crippen molar-refractivity contribution in [3.63, 3.8) is 0 Å². The van der Waals surface area contributed by atoms with Gasteiger partial charge in [0, 0.05) is 36.9 Å². The Hall–Kier alpha value is -1.26. The van der Waals surface area contributed by atoms with Crippen molar-refractivity contribution in [3.05, 3.63) is 29.3 Å². The molecule has 2 atom stereocenters. The zero-order valence-electron chi connectivity index (χ0n) is 13.0. The van der Waals surface area contributed by atoms with Crippen LogP contribution in [-0.2, 0) is 0 Å². The summed E-state index contributed by atoms with van der Waals surface area (Å²) in [6, 6.07) is 7.45. The predicted molar refractivity (Wildman–Crippen MR) is 87.9 cm³/mol. The van der Waals surface area contributed by atoms with Crippen molar-refractivity contribution < 1.29 is 4.79 Å². The molecule has 0 unspecified atom stereocenters. The summed E-state index contributed by atoms with van der Waals surface area (Å²) in [5, 5.41) is 3.54.